The standard InChI is InChI=1S/C23H20N2O/c1-2-26-21-15-13-18(14-16-21)22-17-23(19-9-5-3-6-10-19)25(24-22)20-11-7-4-8-12-20/h3-17H,2H2,1H3. The van der Waals surface area contributed by atoms with E-state index in [1.165, 1.54) is 0 Å². The van der Waals surface area contributed by atoms with Gasteiger partial charge in [-0.25, -0.2) is 4.68 Å². The Hall–Kier alpha value is -3.33. The molecule has 0 radical (unpaired) electrons. The summed E-state index contributed by atoms with van der Waals surface area (Å²) in [7, 11) is 0. The lowest BCUT2D eigenvalue weighted by Crippen LogP contribution is -1.98. The number of ether oxygens (including phenoxy) is 1. The fourth-order valence-electron chi connectivity index (χ4n) is 2.99. The molecule has 0 aliphatic rings. The molecule has 0 spiro atoms. The maximum absolute atomic E-state index is 5.54. The van der Waals surface area contributed by atoms with Gasteiger partial charge >= 0.3 is 0 Å². The second-order valence-corrected chi connectivity index (χ2v) is 5.99. The molecule has 4 aromatic rings. The van der Waals surface area contributed by atoms with E-state index in [4.69, 9.17) is 9.84 Å². The Morgan fingerprint density at radius 1 is 0.769 bits per heavy atom. The molecule has 0 amide bonds. The first-order valence-electron chi connectivity index (χ1n) is 8.79. The van der Waals surface area contributed by atoms with Gasteiger partial charge in [-0.05, 0) is 49.4 Å². The lowest BCUT2D eigenvalue weighted by molar-refractivity contribution is 0.340. The van der Waals surface area contributed by atoms with Crippen LogP contribution in [0, 0.1) is 0 Å². The predicted octanol–water partition coefficient (Wildman–Crippen LogP) is 5.61. The minimum Gasteiger partial charge on any atom is -0.494 e. The molecule has 26 heavy (non-hydrogen) atoms. The van der Waals surface area contributed by atoms with Crippen molar-refractivity contribution in [2.45, 2.75) is 6.92 Å². The number of hydrogen-bond donors (Lipinski definition) is 0. The van der Waals surface area contributed by atoms with Crippen molar-refractivity contribution in [2.75, 3.05) is 6.61 Å². The third kappa shape index (κ3) is 3.24. The first-order chi connectivity index (χ1) is 12.8. The molecule has 3 heteroatoms. The highest BCUT2D eigenvalue weighted by molar-refractivity contribution is 5.70. The van der Waals surface area contributed by atoms with Gasteiger partial charge in [0, 0.05) is 11.1 Å². The monoisotopic (exact) mass is 340 g/mol. The van der Waals surface area contributed by atoms with Crippen LogP contribution in [-0.2, 0) is 0 Å². The topological polar surface area (TPSA) is 27.1 Å². The number of rotatable bonds is 5. The Labute approximate surface area is 153 Å². The van der Waals surface area contributed by atoms with Crippen molar-refractivity contribution in [1.29, 1.82) is 0 Å². The normalized spacial score (nSPS) is 10.7. The van der Waals surface area contributed by atoms with Crippen LogP contribution in [0.25, 0.3) is 28.2 Å². The molecule has 0 aliphatic carbocycles. The van der Waals surface area contributed by atoms with E-state index in [0.29, 0.717) is 6.61 Å². The third-order valence-electron chi connectivity index (χ3n) is 4.24. The maximum atomic E-state index is 5.54. The summed E-state index contributed by atoms with van der Waals surface area (Å²) in [5, 5.41) is 4.88. The predicted molar refractivity (Wildman–Crippen MR) is 106 cm³/mol. The Balaban J connectivity index is 1.81. The Bertz CT molecular complexity index is 917. The van der Waals surface area contributed by atoms with Crippen LogP contribution in [0.4, 0.5) is 0 Å². The van der Waals surface area contributed by atoms with Gasteiger partial charge in [0.25, 0.3) is 0 Å². The van der Waals surface area contributed by atoms with E-state index < -0.39 is 0 Å². The number of benzene rings is 3. The maximum Gasteiger partial charge on any atom is 0.119 e. The van der Waals surface area contributed by atoms with Gasteiger partial charge in [-0.3, -0.25) is 0 Å². The quantitative estimate of drug-likeness (QED) is 0.472. The van der Waals surface area contributed by atoms with Crippen molar-refractivity contribution in [3.05, 3.63) is 91.0 Å². The van der Waals surface area contributed by atoms with Crippen LogP contribution in [0.1, 0.15) is 6.92 Å². The highest BCUT2D eigenvalue weighted by Gasteiger charge is 2.13. The zero-order valence-electron chi connectivity index (χ0n) is 14.7. The fourth-order valence-corrected chi connectivity index (χ4v) is 2.99. The van der Waals surface area contributed by atoms with Crippen LogP contribution in [0.3, 0.4) is 0 Å². The molecule has 0 bridgehead atoms. The third-order valence-corrected chi connectivity index (χ3v) is 4.24. The van der Waals surface area contributed by atoms with E-state index in [0.717, 1.165) is 34.0 Å². The van der Waals surface area contributed by atoms with E-state index in [1.54, 1.807) is 0 Å². The average Bonchev–Trinajstić information content (AvgIpc) is 3.16. The molecule has 1 heterocycles. The summed E-state index contributed by atoms with van der Waals surface area (Å²) >= 11 is 0. The van der Waals surface area contributed by atoms with Crippen LogP contribution < -0.4 is 4.74 Å². The van der Waals surface area contributed by atoms with E-state index in [2.05, 4.69) is 42.5 Å². The van der Waals surface area contributed by atoms with E-state index in [1.807, 2.05) is 60.1 Å². The summed E-state index contributed by atoms with van der Waals surface area (Å²) in [5.41, 5.74) is 5.27. The van der Waals surface area contributed by atoms with Crippen molar-refractivity contribution < 1.29 is 4.74 Å². The molecule has 0 N–H and O–H groups in total. The van der Waals surface area contributed by atoms with Crippen LogP contribution in [0.5, 0.6) is 5.75 Å². The Kier molecular flexibility index (Phi) is 4.52. The van der Waals surface area contributed by atoms with Crippen LogP contribution in [0.2, 0.25) is 0 Å². The van der Waals surface area contributed by atoms with E-state index in [9.17, 15) is 0 Å². The molecule has 0 saturated heterocycles. The highest BCUT2D eigenvalue weighted by Crippen LogP contribution is 2.29. The second-order valence-electron chi connectivity index (χ2n) is 5.99. The van der Waals surface area contributed by atoms with Crippen molar-refractivity contribution in [2.24, 2.45) is 0 Å². The summed E-state index contributed by atoms with van der Waals surface area (Å²) in [5.74, 6) is 0.877. The summed E-state index contributed by atoms with van der Waals surface area (Å²) in [6.07, 6.45) is 0. The minimum atomic E-state index is 0.667. The van der Waals surface area contributed by atoms with E-state index >= 15 is 0 Å². The molecule has 4 rings (SSSR count). The first kappa shape index (κ1) is 16.2. The van der Waals surface area contributed by atoms with Crippen LogP contribution >= 0.6 is 0 Å². The summed E-state index contributed by atoms with van der Waals surface area (Å²) in [4.78, 5) is 0. The van der Waals surface area contributed by atoms with Crippen molar-refractivity contribution in [1.82, 2.24) is 9.78 Å². The van der Waals surface area contributed by atoms with Crippen molar-refractivity contribution >= 4 is 0 Å². The molecule has 0 aliphatic heterocycles. The van der Waals surface area contributed by atoms with Gasteiger partial charge in [-0.2, -0.15) is 5.10 Å². The molecule has 0 unspecified atom stereocenters. The van der Waals surface area contributed by atoms with E-state index in [-0.39, 0.29) is 0 Å². The van der Waals surface area contributed by atoms with Gasteiger partial charge in [-0.1, -0.05) is 48.5 Å². The number of aromatic nitrogens is 2. The largest absolute Gasteiger partial charge is 0.494 e. The summed E-state index contributed by atoms with van der Waals surface area (Å²) in [6.45, 7) is 2.65. The molecule has 1 aromatic heterocycles. The number of hydrogen-bond acceptors (Lipinski definition) is 2. The minimum absolute atomic E-state index is 0.667. The van der Waals surface area contributed by atoms with Gasteiger partial charge in [0.1, 0.15) is 5.75 Å². The fraction of sp³-hybridized carbons (Fsp3) is 0.0870. The average molecular weight is 340 g/mol. The molecule has 128 valence electrons. The van der Waals surface area contributed by atoms with Gasteiger partial charge in [0.05, 0.1) is 23.7 Å². The molecular formula is C23H20N2O. The molecule has 0 saturated carbocycles. The Morgan fingerprint density at radius 3 is 2.08 bits per heavy atom. The molecule has 0 fully saturated rings. The van der Waals surface area contributed by atoms with Crippen LogP contribution in [-0.4, -0.2) is 16.4 Å². The van der Waals surface area contributed by atoms with Gasteiger partial charge in [0.15, 0.2) is 0 Å². The van der Waals surface area contributed by atoms with Crippen molar-refractivity contribution in [3.63, 3.8) is 0 Å². The lowest BCUT2D eigenvalue weighted by Gasteiger charge is -2.07. The SMILES string of the molecule is CCOc1ccc(-c2cc(-c3ccccc3)n(-c3ccccc3)n2)cc1. The zero-order chi connectivity index (χ0) is 17.8. The number of nitrogens with zero attached hydrogens (tertiary/aromatic N) is 2. The van der Waals surface area contributed by atoms with Crippen LogP contribution in [0.15, 0.2) is 91.0 Å². The van der Waals surface area contributed by atoms with Gasteiger partial charge in [0.2, 0.25) is 0 Å². The zero-order valence-corrected chi connectivity index (χ0v) is 14.7. The van der Waals surface area contributed by atoms with Crippen molar-refractivity contribution in [3.8, 4) is 34.0 Å². The summed E-state index contributed by atoms with van der Waals surface area (Å²) in [6, 6.07) is 30.8. The highest BCUT2D eigenvalue weighted by atomic mass is 16.5. The molecule has 3 nitrogen and oxygen atoms in total. The molecular weight excluding hydrogens is 320 g/mol. The molecule has 3 aromatic carbocycles. The molecule has 0 atom stereocenters. The van der Waals surface area contributed by atoms with Gasteiger partial charge < -0.3 is 4.74 Å². The number of para-hydroxylation sites is 1. The summed E-state index contributed by atoms with van der Waals surface area (Å²) < 4.78 is 7.54. The lowest BCUT2D eigenvalue weighted by atomic mass is 10.1. The Morgan fingerprint density at radius 2 is 1.42 bits per heavy atom. The van der Waals surface area contributed by atoms with Gasteiger partial charge in [-0.15, -0.1) is 0 Å². The second kappa shape index (κ2) is 7.28. The first-order valence-corrected chi connectivity index (χ1v) is 8.79. The smallest absolute Gasteiger partial charge is 0.119 e.